The molecular formula is C28H33NO3S. The van der Waals surface area contributed by atoms with Crippen LogP contribution in [0.2, 0.25) is 0 Å². The SMILES string of the molecule is CC.COc1cc2c(cc1OC)C1Cc3cc(Sc4ccccc4)c(OC)cc3CN1CC2. The van der Waals surface area contributed by atoms with Crippen molar-refractivity contribution < 1.29 is 14.2 Å². The lowest BCUT2D eigenvalue weighted by molar-refractivity contribution is 0.160. The van der Waals surface area contributed by atoms with E-state index in [9.17, 15) is 0 Å². The Labute approximate surface area is 201 Å². The molecule has 0 fully saturated rings. The first-order valence-corrected chi connectivity index (χ1v) is 12.4. The van der Waals surface area contributed by atoms with Crippen LogP contribution < -0.4 is 14.2 Å². The van der Waals surface area contributed by atoms with Crippen LogP contribution in [0.25, 0.3) is 0 Å². The second-order valence-electron chi connectivity index (χ2n) is 8.03. The molecule has 5 heteroatoms. The molecule has 3 aromatic rings. The lowest BCUT2D eigenvalue weighted by Gasteiger charge is -2.42. The molecule has 0 aromatic heterocycles. The van der Waals surface area contributed by atoms with E-state index in [0.717, 1.165) is 43.2 Å². The van der Waals surface area contributed by atoms with Gasteiger partial charge < -0.3 is 14.2 Å². The van der Waals surface area contributed by atoms with Gasteiger partial charge in [-0.05, 0) is 71.5 Å². The number of hydrogen-bond donors (Lipinski definition) is 0. The Morgan fingerprint density at radius 3 is 2.15 bits per heavy atom. The summed E-state index contributed by atoms with van der Waals surface area (Å²) in [5, 5.41) is 0. The molecule has 1 atom stereocenters. The summed E-state index contributed by atoms with van der Waals surface area (Å²) < 4.78 is 16.9. The quantitative estimate of drug-likeness (QED) is 0.428. The molecule has 0 saturated heterocycles. The van der Waals surface area contributed by atoms with Gasteiger partial charge in [0, 0.05) is 24.0 Å². The molecule has 2 aliphatic heterocycles. The first kappa shape index (κ1) is 23.5. The lowest BCUT2D eigenvalue weighted by atomic mass is 9.84. The Morgan fingerprint density at radius 1 is 0.788 bits per heavy atom. The van der Waals surface area contributed by atoms with Crippen LogP contribution >= 0.6 is 11.8 Å². The van der Waals surface area contributed by atoms with Gasteiger partial charge in [-0.25, -0.2) is 0 Å². The highest BCUT2D eigenvalue weighted by atomic mass is 32.2. The van der Waals surface area contributed by atoms with Crippen LogP contribution in [0, 0.1) is 0 Å². The van der Waals surface area contributed by atoms with Gasteiger partial charge in [0.15, 0.2) is 11.5 Å². The number of rotatable bonds is 5. The summed E-state index contributed by atoms with van der Waals surface area (Å²) in [5.41, 5.74) is 5.51. The average molecular weight is 464 g/mol. The van der Waals surface area contributed by atoms with Crippen LogP contribution in [-0.2, 0) is 19.4 Å². The number of methoxy groups -OCH3 is 3. The molecule has 0 bridgehead atoms. The zero-order valence-electron chi connectivity index (χ0n) is 20.2. The third-order valence-corrected chi connectivity index (χ3v) is 7.40. The van der Waals surface area contributed by atoms with Crippen LogP contribution in [0.1, 0.15) is 42.1 Å². The largest absolute Gasteiger partial charge is 0.496 e. The van der Waals surface area contributed by atoms with Gasteiger partial charge in [0.25, 0.3) is 0 Å². The van der Waals surface area contributed by atoms with Crippen LogP contribution in [-0.4, -0.2) is 32.8 Å². The van der Waals surface area contributed by atoms with Crippen molar-refractivity contribution in [1.82, 2.24) is 4.90 Å². The molecule has 2 heterocycles. The van der Waals surface area contributed by atoms with Gasteiger partial charge in [0.2, 0.25) is 0 Å². The van der Waals surface area contributed by atoms with Crippen molar-refractivity contribution in [3.05, 3.63) is 76.9 Å². The van der Waals surface area contributed by atoms with Crippen molar-refractivity contribution >= 4 is 11.8 Å². The van der Waals surface area contributed by atoms with Gasteiger partial charge in [-0.15, -0.1) is 0 Å². The maximum Gasteiger partial charge on any atom is 0.161 e. The Morgan fingerprint density at radius 2 is 1.45 bits per heavy atom. The van der Waals surface area contributed by atoms with E-state index in [1.807, 2.05) is 19.9 Å². The van der Waals surface area contributed by atoms with E-state index in [1.165, 1.54) is 32.0 Å². The normalized spacial score (nSPS) is 16.5. The summed E-state index contributed by atoms with van der Waals surface area (Å²) in [5.74, 6) is 2.58. The van der Waals surface area contributed by atoms with E-state index in [-0.39, 0.29) is 0 Å². The molecule has 0 amide bonds. The minimum atomic E-state index is 0.360. The molecule has 3 aromatic carbocycles. The molecule has 2 aliphatic rings. The summed E-state index contributed by atoms with van der Waals surface area (Å²) in [6.45, 7) is 6.00. The van der Waals surface area contributed by atoms with Crippen molar-refractivity contribution in [2.75, 3.05) is 27.9 Å². The molecule has 0 radical (unpaired) electrons. The predicted molar refractivity (Wildman–Crippen MR) is 135 cm³/mol. The molecule has 0 aliphatic carbocycles. The van der Waals surface area contributed by atoms with Crippen LogP contribution in [0.5, 0.6) is 17.2 Å². The fourth-order valence-corrected chi connectivity index (χ4v) is 5.76. The van der Waals surface area contributed by atoms with E-state index >= 15 is 0 Å². The standard InChI is InChI=1S/C26H27NO3S.C2H6/c1-28-23-12-17-9-10-27-16-19-13-25(30-3)26(31-20-7-5-4-6-8-20)14-18(19)11-22(27)21(17)15-24(23)29-2;1-2/h4-8,12-15,22H,9-11,16H2,1-3H3;1-2H3. The van der Waals surface area contributed by atoms with E-state index in [0.29, 0.717) is 6.04 Å². The minimum absolute atomic E-state index is 0.360. The summed E-state index contributed by atoms with van der Waals surface area (Å²) in [6.07, 6.45) is 2.02. The van der Waals surface area contributed by atoms with E-state index in [4.69, 9.17) is 14.2 Å². The zero-order valence-corrected chi connectivity index (χ0v) is 21.0. The highest BCUT2D eigenvalue weighted by molar-refractivity contribution is 7.99. The summed E-state index contributed by atoms with van der Waals surface area (Å²) >= 11 is 1.76. The smallest absolute Gasteiger partial charge is 0.161 e. The molecule has 1 unspecified atom stereocenters. The molecule has 5 rings (SSSR count). The number of fused-ring (bicyclic) bond motifs is 4. The summed E-state index contributed by atoms with van der Waals surface area (Å²) in [7, 11) is 5.18. The van der Waals surface area contributed by atoms with E-state index < -0.39 is 0 Å². The number of hydrogen-bond acceptors (Lipinski definition) is 5. The second kappa shape index (κ2) is 10.5. The monoisotopic (exact) mass is 463 g/mol. The van der Waals surface area contributed by atoms with Crippen molar-refractivity contribution in [2.45, 2.75) is 49.1 Å². The van der Waals surface area contributed by atoms with Crippen molar-refractivity contribution in [1.29, 1.82) is 0 Å². The highest BCUT2D eigenvalue weighted by Crippen LogP contribution is 2.45. The molecule has 174 valence electrons. The minimum Gasteiger partial charge on any atom is -0.496 e. The van der Waals surface area contributed by atoms with Crippen LogP contribution in [0.4, 0.5) is 0 Å². The third-order valence-electron chi connectivity index (χ3n) is 6.36. The molecular weight excluding hydrogens is 430 g/mol. The number of ether oxygens (including phenoxy) is 3. The predicted octanol–water partition coefficient (Wildman–Crippen LogP) is 6.55. The zero-order chi connectivity index (χ0) is 23.4. The van der Waals surface area contributed by atoms with Gasteiger partial charge in [-0.2, -0.15) is 0 Å². The Hall–Kier alpha value is -2.63. The first-order valence-electron chi connectivity index (χ1n) is 11.6. The molecule has 0 saturated carbocycles. The van der Waals surface area contributed by atoms with Crippen molar-refractivity contribution in [3.8, 4) is 17.2 Å². The first-order chi connectivity index (χ1) is 16.2. The molecule has 0 N–H and O–H groups in total. The van der Waals surface area contributed by atoms with Crippen LogP contribution in [0.15, 0.2) is 64.4 Å². The number of nitrogens with zero attached hydrogens (tertiary/aromatic N) is 1. The lowest BCUT2D eigenvalue weighted by Crippen LogP contribution is -2.39. The van der Waals surface area contributed by atoms with Crippen molar-refractivity contribution in [3.63, 3.8) is 0 Å². The Balaban J connectivity index is 0.00000126. The van der Waals surface area contributed by atoms with E-state index in [1.54, 1.807) is 33.1 Å². The fourth-order valence-electron chi connectivity index (χ4n) is 4.77. The maximum atomic E-state index is 5.76. The Bertz CT molecular complexity index is 1100. The second-order valence-corrected chi connectivity index (χ2v) is 9.15. The van der Waals surface area contributed by atoms with Gasteiger partial charge in [0.05, 0.1) is 26.2 Å². The highest BCUT2D eigenvalue weighted by Gasteiger charge is 2.33. The topological polar surface area (TPSA) is 30.9 Å². The van der Waals surface area contributed by atoms with Gasteiger partial charge in [0.1, 0.15) is 5.75 Å². The summed E-state index contributed by atoms with van der Waals surface area (Å²) in [4.78, 5) is 4.97. The third kappa shape index (κ3) is 4.71. The van der Waals surface area contributed by atoms with Gasteiger partial charge >= 0.3 is 0 Å². The van der Waals surface area contributed by atoms with Crippen molar-refractivity contribution in [2.24, 2.45) is 0 Å². The summed E-state index contributed by atoms with van der Waals surface area (Å²) in [6, 6.07) is 19.7. The van der Waals surface area contributed by atoms with Crippen LogP contribution in [0.3, 0.4) is 0 Å². The molecule has 0 spiro atoms. The Kier molecular flexibility index (Phi) is 7.51. The van der Waals surface area contributed by atoms with Gasteiger partial charge in [-0.1, -0.05) is 43.8 Å². The molecule has 4 nitrogen and oxygen atoms in total. The van der Waals surface area contributed by atoms with Gasteiger partial charge in [-0.3, -0.25) is 4.90 Å². The molecule has 33 heavy (non-hydrogen) atoms. The van der Waals surface area contributed by atoms with E-state index in [2.05, 4.69) is 53.4 Å². The average Bonchev–Trinajstić information content (AvgIpc) is 2.88. The maximum absolute atomic E-state index is 5.76. The fraction of sp³-hybridized carbons (Fsp3) is 0.357. The number of benzene rings is 3.